The lowest BCUT2D eigenvalue weighted by Crippen LogP contribution is -2.00. The summed E-state index contributed by atoms with van der Waals surface area (Å²) in [5, 5.41) is 0.618. The van der Waals surface area contributed by atoms with Crippen molar-refractivity contribution in [2.45, 2.75) is 25.7 Å². The van der Waals surface area contributed by atoms with Gasteiger partial charge in [-0.2, -0.15) is 0 Å². The first-order valence-electron chi connectivity index (χ1n) is 7.28. The van der Waals surface area contributed by atoms with Crippen molar-refractivity contribution in [1.29, 1.82) is 0 Å². The van der Waals surface area contributed by atoms with Gasteiger partial charge in [-0.15, -0.1) is 0 Å². The van der Waals surface area contributed by atoms with E-state index in [1.54, 1.807) is 25.3 Å². The van der Waals surface area contributed by atoms with Gasteiger partial charge in [-0.05, 0) is 44.0 Å². The molecule has 22 heavy (non-hydrogen) atoms. The molecule has 5 heteroatoms. The molecule has 0 unspecified atom stereocenters. The van der Waals surface area contributed by atoms with E-state index in [9.17, 15) is 4.79 Å². The van der Waals surface area contributed by atoms with Gasteiger partial charge in [-0.3, -0.25) is 9.20 Å². The summed E-state index contributed by atoms with van der Waals surface area (Å²) in [5.74, 6) is 1.22. The van der Waals surface area contributed by atoms with Crippen molar-refractivity contribution in [3.8, 4) is 11.3 Å². The monoisotopic (exact) mass is 311 g/mol. The third-order valence-corrected chi connectivity index (χ3v) is 4.37. The summed E-state index contributed by atoms with van der Waals surface area (Å²) in [6, 6.07) is 7.43. The van der Waals surface area contributed by atoms with Gasteiger partial charge in [0, 0.05) is 40.2 Å². The third kappa shape index (κ3) is 2.20. The van der Waals surface area contributed by atoms with Crippen molar-refractivity contribution < 1.29 is 4.79 Å². The molecule has 2 heterocycles. The SMILES string of the molecule is CC(=O)c1ccc(Cl)c(-c2cc(C3CC3)nc3nccn23)c1. The van der Waals surface area contributed by atoms with Crippen LogP contribution in [0.15, 0.2) is 36.7 Å². The molecule has 0 atom stereocenters. The fourth-order valence-electron chi connectivity index (χ4n) is 2.66. The number of halogens is 1. The quantitative estimate of drug-likeness (QED) is 0.683. The molecule has 1 aliphatic rings. The van der Waals surface area contributed by atoms with Crippen LogP contribution in [0.4, 0.5) is 0 Å². The Morgan fingerprint density at radius 3 is 2.86 bits per heavy atom. The summed E-state index contributed by atoms with van der Waals surface area (Å²) in [7, 11) is 0. The summed E-state index contributed by atoms with van der Waals surface area (Å²) in [6.07, 6.45) is 5.94. The second-order valence-electron chi connectivity index (χ2n) is 5.69. The van der Waals surface area contributed by atoms with E-state index < -0.39 is 0 Å². The van der Waals surface area contributed by atoms with Crippen LogP contribution in [0, 0.1) is 0 Å². The van der Waals surface area contributed by atoms with Crippen molar-refractivity contribution in [2.24, 2.45) is 0 Å². The van der Waals surface area contributed by atoms with Gasteiger partial charge in [0.05, 0.1) is 5.69 Å². The number of aromatic nitrogens is 3. The number of imidazole rings is 1. The first-order valence-corrected chi connectivity index (χ1v) is 7.66. The molecule has 0 saturated heterocycles. The second-order valence-corrected chi connectivity index (χ2v) is 6.10. The van der Waals surface area contributed by atoms with Crippen molar-refractivity contribution in [3.63, 3.8) is 0 Å². The molecular weight excluding hydrogens is 298 g/mol. The van der Waals surface area contributed by atoms with Gasteiger partial charge >= 0.3 is 0 Å². The summed E-state index contributed by atoms with van der Waals surface area (Å²) < 4.78 is 1.91. The molecule has 0 radical (unpaired) electrons. The Bertz CT molecular complexity index is 896. The van der Waals surface area contributed by atoms with Crippen LogP contribution in [-0.2, 0) is 0 Å². The number of nitrogens with zero attached hydrogens (tertiary/aromatic N) is 3. The highest BCUT2D eigenvalue weighted by Crippen LogP contribution is 2.41. The average Bonchev–Trinajstić information content (AvgIpc) is 3.24. The van der Waals surface area contributed by atoms with Crippen LogP contribution in [0.3, 0.4) is 0 Å². The van der Waals surface area contributed by atoms with Gasteiger partial charge in [0.1, 0.15) is 0 Å². The van der Waals surface area contributed by atoms with Gasteiger partial charge in [0.2, 0.25) is 5.78 Å². The topological polar surface area (TPSA) is 47.3 Å². The number of hydrogen-bond acceptors (Lipinski definition) is 3. The average molecular weight is 312 g/mol. The van der Waals surface area contributed by atoms with Crippen LogP contribution in [0.1, 0.15) is 41.7 Å². The Morgan fingerprint density at radius 1 is 1.32 bits per heavy atom. The first-order chi connectivity index (χ1) is 10.6. The van der Waals surface area contributed by atoms with E-state index in [1.807, 2.05) is 16.7 Å². The van der Waals surface area contributed by atoms with Crippen LogP contribution in [0.2, 0.25) is 5.02 Å². The molecule has 2 aromatic heterocycles. The predicted molar refractivity (Wildman–Crippen MR) is 85.4 cm³/mol. The maximum atomic E-state index is 11.7. The van der Waals surface area contributed by atoms with Gasteiger partial charge in [0.25, 0.3) is 0 Å². The van der Waals surface area contributed by atoms with Gasteiger partial charge in [-0.1, -0.05) is 11.6 Å². The van der Waals surface area contributed by atoms with Crippen LogP contribution >= 0.6 is 11.6 Å². The van der Waals surface area contributed by atoms with Crippen LogP contribution < -0.4 is 0 Å². The Morgan fingerprint density at radius 2 is 2.14 bits per heavy atom. The highest BCUT2D eigenvalue weighted by molar-refractivity contribution is 6.33. The van der Waals surface area contributed by atoms with Crippen LogP contribution in [0.5, 0.6) is 0 Å². The van der Waals surface area contributed by atoms with Crippen LogP contribution in [-0.4, -0.2) is 20.2 Å². The molecule has 0 spiro atoms. The molecule has 0 bridgehead atoms. The van der Waals surface area contributed by atoms with E-state index in [2.05, 4.69) is 16.0 Å². The largest absolute Gasteiger partial charge is 0.295 e. The Kier molecular flexibility index (Phi) is 3.01. The minimum atomic E-state index is 0.0243. The molecule has 4 nitrogen and oxygen atoms in total. The van der Waals surface area contributed by atoms with E-state index in [4.69, 9.17) is 11.6 Å². The lowest BCUT2D eigenvalue weighted by Gasteiger charge is -2.11. The zero-order valence-corrected chi connectivity index (χ0v) is 12.8. The Balaban J connectivity index is 1.98. The van der Waals surface area contributed by atoms with E-state index in [0.717, 1.165) is 17.0 Å². The standard InChI is InChI=1S/C17H14ClN3O/c1-10(22)12-4-5-14(18)13(8-12)16-9-15(11-2-3-11)20-17-19-6-7-21(16)17/h4-9,11H,2-3H2,1H3. The number of fused-ring (bicyclic) bond motifs is 1. The molecule has 0 N–H and O–H groups in total. The second kappa shape index (κ2) is 4.92. The Labute approximate surface area is 132 Å². The fourth-order valence-corrected chi connectivity index (χ4v) is 2.87. The molecule has 4 rings (SSSR count). The summed E-state index contributed by atoms with van der Waals surface area (Å²) >= 11 is 6.38. The number of carbonyl (C=O) groups is 1. The smallest absolute Gasteiger partial charge is 0.234 e. The van der Waals surface area contributed by atoms with Crippen molar-refractivity contribution >= 4 is 23.2 Å². The Hall–Kier alpha value is -2.20. The minimum Gasteiger partial charge on any atom is -0.295 e. The van der Waals surface area contributed by atoms with Crippen molar-refractivity contribution in [2.75, 3.05) is 0 Å². The number of hydrogen-bond donors (Lipinski definition) is 0. The lowest BCUT2D eigenvalue weighted by molar-refractivity contribution is 0.101. The maximum Gasteiger partial charge on any atom is 0.234 e. The zero-order valence-electron chi connectivity index (χ0n) is 12.1. The fraction of sp³-hybridized carbons (Fsp3) is 0.235. The minimum absolute atomic E-state index is 0.0243. The molecule has 1 aliphatic carbocycles. The molecule has 1 aromatic carbocycles. The molecule has 1 fully saturated rings. The summed E-state index contributed by atoms with van der Waals surface area (Å²) in [4.78, 5) is 20.6. The molecular formula is C17H14ClN3O. The zero-order chi connectivity index (χ0) is 15.3. The molecule has 0 aliphatic heterocycles. The predicted octanol–water partition coefficient (Wildman–Crippen LogP) is 4.13. The molecule has 3 aromatic rings. The molecule has 110 valence electrons. The number of rotatable bonds is 3. The van der Waals surface area contributed by atoms with Gasteiger partial charge < -0.3 is 0 Å². The van der Waals surface area contributed by atoms with Crippen molar-refractivity contribution in [3.05, 3.63) is 52.9 Å². The lowest BCUT2D eigenvalue weighted by atomic mass is 10.0. The summed E-state index contributed by atoms with van der Waals surface area (Å²) in [6.45, 7) is 1.56. The van der Waals surface area contributed by atoms with Crippen molar-refractivity contribution in [1.82, 2.24) is 14.4 Å². The van der Waals surface area contributed by atoms with E-state index in [1.165, 1.54) is 12.8 Å². The van der Waals surface area contributed by atoms with E-state index in [0.29, 0.717) is 22.3 Å². The van der Waals surface area contributed by atoms with E-state index >= 15 is 0 Å². The highest BCUT2D eigenvalue weighted by atomic mass is 35.5. The molecule has 0 amide bonds. The number of benzene rings is 1. The number of carbonyl (C=O) groups excluding carboxylic acids is 1. The number of Topliss-reactive ketones (excluding diaryl/α,β-unsaturated/α-hetero) is 1. The molecule has 1 saturated carbocycles. The van der Waals surface area contributed by atoms with Crippen LogP contribution in [0.25, 0.3) is 17.0 Å². The summed E-state index contributed by atoms with van der Waals surface area (Å²) in [5.41, 5.74) is 3.47. The highest BCUT2D eigenvalue weighted by Gasteiger charge is 2.26. The van der Waals surface area contributed by atoms with E-state index in [-0.39, 0.29) is 5.78 Å². The third-order valence-electron chi connectivity index (χ3n) is 4.04. The van der Waals surface area contributed by atoms with Gasteiger partial charge in [-0.25, -0.2) is 9.97 Å². The number of ketones is 1. The first kappa shape index (κ1) is 13.5. The normalized spacial score (nSPS) is 14.5. The van der Waals surface area contributed by atoms with Gasteiger partial charge in [0.15, 0.2) is 5.78 Å². The maximum absolute atomic E-state index is 11.7.